The van der Waals surface area contributed by atoms with E-state index in [0.717, 1.165) is 0 Å². The standard InChI is InChI=1S/C11H12O5/c1-13-11(12)4-5-14-8-2-3-9-10(6-8)16-7-15-9/h2-3,6H,4-5,7H2,1H3. The molecule has 0 spiro atoms. The maximum absolute atomic E-state index is 10.8. The molecule has 0 fully saturated rings. The molecule has 0 aromatic heterocycles. The van der Waals surface area contributed by atoms with Crippen molar-refractivity contribution in [2.45, 2.75) is 6.42 Å². The van der Waals surface area contributed by atoms with Crippen LogP contribution in [0.5, 0.6) is 17.2 Å². The molecule has 0 bridgehead atoms. The molecule has 0 N–H and O–H groups in total. The van der Waals surface area contributed by atoms with Crippen molar-refractivity contribution in [2.75, 3.05) is 20.5 Å². The topological polar surface area (TPSA) is 54.0 Å². The number of rotatable bonds is 4. The Morgan fingerprint density at radius 2 is 2.19 bits per heavy atom. The van der Waals surface area contributed by atoms with Gasteiger partial charge in [-0.05, 0) is 12.1 Å². The Hall–Kier alpha value is -1.91. The second-order valence-corrected chi connectivity index (χ2v) is 3.19. The molecule has 1 aromatic rings. The summed E-state index contributed by atoms with van der Waals surface area (Å²) in [7, 11) is 1.35. The molecule has 2 rings (SSSR count). The number of methoxy groups -OCH3 is 1. The van der Waals surface area contributed by atoms with Crippen molar-refractivity contribution in [3.8, 4) is 17.2 Å². The molecule has 0 unspecified atom stereocenters. The molecule has 0 aliphatic carbocycles. The molecule has 0 atom stereocenters. The van der Waals surface area contributed by atoms with Gasteiger partial charge in [0.05, 0.1) is 20.1 Å². The Kier molecular flexibility index (Phi) is 3.14. The largest absolute Gasteiger partial charge is 0.493 e. The maximum atomic E-state index is 10.8. The van der Waals surface area contributed by atoms with Gasteiger partial charge in [0, 0.05) is 6.07 Å². The third-order valence-corrected chi connectivity index (χ3v) is 2.15. The lowest BCUT2D eigenvalue weighted by molar-refractivity contribution is -0.141. The van der Waals surface area contributed by atoms with Crippen LogP contribution >= 0.6 is 0 Å². The van der Waals surface area contributed by atoms with Crippen LogP contribution in [0.4, 0.5) is 0 Å². The summed E-state index contributed by atoms with van der Waals surface area (Å²) in [6, 6.07) is 5.28. The van der Waals surface area contributed by atoms with Crippen molar-refractivity contribution in [1.82, 2.24) is 0 Å². The van der Waals surface area contributed by atoms with Crippen molar-refractivity contribution in [3.05, 3.63) is 18.2 Å². The van der Waals surface area contributed by atoms with E-state index in [1.165, 1.54) is 7.11 Å². The minimum Gasteiger partial charge on any atom is -0.493 e. The lowest BCUT2D eigenvalue weighted by Gasteiger charge is -2.05. The van der Waals surface area contributed by atoms with E-state index in [1.54, 1.807) is 18.2 Å². The van der Waals surface area contributed by atoms with Crippen molar-refractivity contribution >= 4 is 5.97 Å². The van der Waals surface area contributed by atoms with Crippen LogP contribution in [0.25, 0.3) is 0 Å². The monoisotopic (exact) mass is 224 g/mol. The first-order chi connectivity index (χ1) is 7.79. The van der Waals surface area contributed by atoms with Gasteiger partial charge >= 0.3 is 5.97 Å². The van der Waals surface area contributed by atoms with Crippen molar-refractivity contribution in [1.29, 1.82) is 0 Å². The molecular formula is C11H12O5. The number of hydrogen-bond donors (Lipinski definition) is 0. The number of hydrogen-bond acceptors (Lipinski definition) is 5. The predicted molar refractivity (Wildman–Crippen MR) is 54.7 cm³/mol. The van der Waals surface area contributed by atoms with E-state index in [9.17, 15) is 4.79 Å². The zero-order valence-electron chi connectivity index (χ0n) is 8.89. The molecule has 5 heteroatoms. The number of fused-ring (bicyclic) bond motifs is 1. The second-order valence-electron chi connectivity index (χ2n) is 3.19. The van der Waals surface area contributed by atoms with Crippen LogP contribution in [-0.4, -0.2) is 26.5 Å². The zero-order chi connectivity index (χ0) is 11.4. The van der Waals surface area contributed by atoms with E-state index in [1.807, 2.05) is 0 Å². The molecule has 0 saturated carbocycles. The summed E-state index contributed by atoms with van der Waals surface area (Å²) >= 11 is 0. The number of esters is 1. The third-order valence-electron chi connectivity index (χ3n) is 2.15. The molecule has 1 aliphatic heterocycles. The Morgan fingerprint density at radius 1 is 1.38 bits per heavy atom. The van der Waals surface area contributed by atoms with Gasteiger partial charge in [-0.15, -0.1) is 0 Å². The summed E-state index contributed by atoms with van der Waals surface area (Å²) in [5, 5.41) is 0. The highest BCUT2D eigenvalue weighted by Crippen LogP contribution is 2.35. The van der Waals surface area contributed by atoms with Gasteiger partial charge in [0.2, 0.25) is 6.79 Å². The second kappa shape index (κ2) is 4.74. The first-order valence-electron chi connectivity index (χ1n) is 4.89. The van der Waals surface area contributed by atoms with Gasteiger partial charge < -0.3 is 18.9 Å². The first-order valence-corrected chi connectivity index (χ1v) is 4.89. The van der Waals surface area contributed by atoms with Crippen LogP contribution in [0.15, 0.2) is 18.2 Å². The van der Waals surface area contributed by atoms with Gasteiger partial charge in [0.15, 0.2) is 11.5 Å². The fraction of sp³-hybridized carbons (Fsp3) is 0.364. The molecule has 5 nitrogen and oxygen atoms in total. The van der Waals surface area contributed by atoms with E-state index >= 15 is 0 Å². The predicted octanol–water partition coefficient (Wildman–Crippen LogP) is 1.36. The van der Waals surface area contributed by atoms with E-state index in [-0.39, 0.29) is 25.8 Å². The number of carbonyl (C=O) groups excluding carboxylic acids is 1. The third kappa shape index (κ3) is 2.36. The molecule has 1 aliphatic rings. The Morgan fingerprint density at radius 3 is 3.00 bits per heavy atom. The van der Waals surface area contributed by atoms with Crippen LogP contribution in [-0.2, 0) is 9.53 Å². The Bertz CT molecular complexity index is 388. The summed E-state index contributed by atoms with van der Waals surface area (Å²) in [6.45, 7) is 0.521. The SMILES string of the molecule is COC(=O)CCOc1ccc2c(c1)OCO2. The summed E-state index contributed by atoms with van der Waals surface area (Å²) in [5.41, 5.74) is 0. The smallest absolute Gasteiger partial charge is 0.308 e. The zero-order valence-corrected chi connectivity index (χ0v) is 8.89. The highest BCUT2D eigenvalue weighted by atomic mass is 16.7. The van der Waals surface area contributed by atoms with Gasteiger partial charge in [-0.1, -0.05) is 0 Å². The molecule has 0 amide bonds. The fourth-order valence-electron chi connectivity index (χ4n) is 1.32. The molecule has 0 saturated heterocycles. The number of benzene rings is 1. The van der Waals surface area contributed by atoms with Crippen molar-refractivity contribution in [3.63, 3.8) is 0 Å². The molecule has 1 aromatic carbocycles. The normalized spacial score (nSPS) is 12.3. The van der Waals surface area contributed by atoms with Crippen LogP contribution in [0, 0.1) is 0 Å². The van der Waals surface area contributed by atoms with Gasteiger partial charge in [0.25, 0.3) is 0 Å². The first kappa shape index (κ1) is 10.6. The van der Waals surface area contributed by atoms with Gasteiger partial charge in [-0.3, -0.25) is 4.79 Å². The summed E-state index contributed by atoms with van der Waals surface area (Å²) < 4.78 is 20.2. The van der Waals surface area contributed by atoms with E-state index < -0.39 is 0 Å². The average molecular weight is 224 g/mol. The summed E-state index contributed by atoms with van der Waals surface area (Å²) in [5.74, 6) is 1.73. The van der Waals surface area contributed by atoms with Gasteiger partial charge in [0.1, 0.15) is 5.75 Å². The number of ether oxygens (including phenoxy) is 4. The van der Waals surface area contributed by atoms with Gasteiger partial charge in [-0.2, -0.15) is 0 Å². The highest BCUT2D eigenvalue weighted by Gasteiger charge is 2.13. The lowest BCUT2D eigenvalue weighted by atomic mass is 10.3. The fourth-order valence-corrected chi connectivity index (χ4v) is 1.32. The van der Waals surface area contributed by atoms with Crippen molar-refractivity contribution < 1.29 is 23.7 Å². The molecule has 86 valence electrons. The van der Waals surface area contributed by atoms with Crippen LogP contribution in [0.3, 0.4) is 0 Å². The van der Waals surface area contributed by atoms with E-state index in [4.69, 9.17) is 14.2 Å². The summed E-state index contributed by atoms with van der Waals surface area (Å²) in [4.78, 5) is 10.8. The van der Waals surface area contributed by atoms with E-state index in [2.05, 4.69) is 4.74 Å². The minimum absolute atomic E-state index is 0.227. The van der Waals surface area contributed by atoms with Crippen LogP contribution < -0.4 is 14.2 Å². The highest BCUT2D eigenvalue weighted by molar-refractivity contribution is 5.69. The lowest BCUT2D eigenvalue weighted by Crippen LogP contribution is -2.07. The molecule has 1 heterocycles. The quantitative estimate of drug-likeness (QED) is 0.723. The Balaban J connectivity index is 1.88. The summed E-state index contributed by atoms with van der Waals surface area (Å²) in [6.07, 6.45) is 0.227. The average Bonchev–Trinajstić information content (AvgIpc) is 2.76. The van der Waals surface area contributed by atoms with Crippen LogP contribution in [0.2, 0.25) is 0 Å². The van der Waals surface area contributed by atoms with Gasteiger partial charge in [-0.25, -0.2) is 0 Å². The van der Waals surface area contributed by atoms with Crippen molar-refractivity contribution in [2.24, 2.45) is 0 Å². The van der Waals surface area contributed by atoms with Crippen LogP contribution in [0.1, 0.15) is 6.42 Å². The Labute approximate surface area is 92.9 Å². The number of carbonyl (C=O) groups is 1. The molecular weight excluding hydrogens is 212 g/mol. The molecule has 0 radical (unpaired) electrons. The maximum Gasteiger partial charge on any atom is 0.308 e. The van der Waals surface area contributed by atoms with E-state index in [0.29, 0.717) is 17.2 Å². The minimum atomic E-state index is -0.291. The molecule has 16 heavy (non-hydrogen) atoms.